The molecule has 3 aromatic rings. The molecule has 2 aromatic carbocycles. The fourth-order valence-electron chi connectivity index (χ4n) is 2.17. The van der Waals surface area contributed by atoms with E-state index >= 15 is 0 Å². The van der Waals surface area contributed by atoms with Gasteiger partial charge in [-0.05, 0) is 36.8 Å². The number of aryl methyl sites for hydroxylation is 1. The summed E-state index contributed by atoms with van der Waals surface area (Å²) >= 11 is 6.16. The van der Waals surface area contributed by atoms with Gasteiger partial charge in [0, 0.05) is 10.9 Å². The summed E-state index contributed by atoms with van der Waals surface area (Å²) in [6, 6.07) is 15.6. The second-order valence-corrected chi connectivity index (χ2v) is 5.36. The zero-order chi connectivity index (χ0) is 14.8. The molecule has 0 aliphatic carbocycles. The van der Waals surface area contributed by atoms with E-state index in [1.165, 1.54) is 0 Å². The highest BCUT2D eigenvalue weighted by atomic mass is 35.5. The van der Waals surface area contributed by atoms with Crippen molar-refractivity contribution in [2.75, 3.05) is 5.73 Å². The molecule has 21 heavy (non-hydrogen) atoms. The number of nitrogens with zero attached hydrogens (tertiary/aromatic N) is 1. The lowest BCUT2D eigenvalue weighted by Crippen LogP contribution is -2.03. The number of hydrogen-bond donors (Lipinski definition) is 1. The number of halogens is 1. The van der Waals surface area contributed by atoms with Crippen LogP contribution in [0.1, 0.15) is 11.1 Å². The third-order valence-electron chi connectivity index (χ3n) is 3.31. The van der Waals surface area contributed by atoms with E-state index in [4.69, 9.17) is 22.1 Å². The van der Waals surface area contributed by atoms with E-state index in [9.17, 15) is 0 Å². The zero-order valence-corrected chi connectivity index (χ0v) is 12.4. The standard InChI is InChI=1S/C17H15ClN2O/c1-11-6-7-16(14(18)8-11)21-10-13-9-12-4-2-3-5-15(12)20-17(13)19/h2-9H,10H2,1H3,(H2,19,20). The molecule has 4 heteroatoms. The number of ether oxygens (including phenoxy) is 1. The minimum Gasteiger partial charge on any atom is -0.487 e. The number of nitrogen functional groups attached to an aromatic ring is 1. The summed E-state index contributed by atoms with van der Waals surface area (Å²) in [4.78, 5) is 4.39. The van der Waals surface area contributed by atoms with Crippen LogP contribution in [-0.4, -0.2) is 4.98 Å². The van der Waals surface area contributed by atoms with Crippen LogP contribution in [0.25, 0.3) is 10.9 Å². The predicted molar refractivity (Wildman–Crippen MR) is 86.7 cm³/mol. The highest BCUT2D eigenvalue weighted by Crippen LogP contribution is 2.27. The number of rotatable bonds is 3. The van der Waals surface area contributed by atoms with Crippen molar-refractivity contribution in [3.05, 3.63) is 64.7 Å². The highest BCUT2D eigenvalue weighted by molar-refractivity contribution is 6.32. The van der Waals surface area contributed by atoms with E-state index in [0.717, 1.165) is 22.0 Å². The molecule has 0 aliphatic rings. The molecule has 0 aliphatic heterocycles. The second kappa shape index (κ2) is 5.62. The Morgan fingerprint density at radius 3 is 2.76 bits per heavy atom. The van der Waals surface area contributed by atoms with Crippen LogP contribution in [0.4, 0.5) is 5.82 Å². The SMILES string of the molecule is Cc1ccc(OCc2cc3ccccc3nc2N)c(Cl)c1. The van der Waals surface area contributed by atoms with Gasteiger partial charge in [0.25, 0.3) is 0 Å². The number of nitrogens with two attached hydrogens (primary N) is 1. The van der Waals surface area contributed by atoms with Gasteiger partial charge in [-0.3, -0.25) is 0 Å². The maximum atomic E-state index is 6.16. The quantitative estimate of drug-likeness (QED) is 0.781. The van der Waals surface area contributed by atoms with Crippen LogP contribution in [0.5, 0.6) is 5.75 Å². The third-order valence-corrected chi connectivity index (χ3v) is 3.60. The van der Waals surface area contributed by atoms with Crippen LogP contribution in [0, 0.1) is 6.92 Å². The molecular formula is C17H15ClN2O. The van der Waals surface area contributed by atoms with Crippen LogP contribution in [-0.2, 0) is 6.61 Å². The number of hydrogen-bond acceptors (Lipinski definition) is 3. The molecule has 1 aromatic heterocycles. The summed E-state index contributed by atoms with van der Waals surface area (Å²) in [5, 5.41) is 1.64. The van der Waals surface area contributed by atoms with Gasteiger partial charge in [0.2, 0.25) is 0 Å². The van der Waals surface area contributed by atoms with Crippen molar-refractivity contribution < 1.29 is 4.74 Å². The van der Waals surface area contributed by atoms with Crippen molar-refractivity contribution >= 4 is 28.3 Å². The Hall–Kier alpha value is -2.26. The van der Waals surface area contributed by atoms with Crippen LogP contribution in [0.2, 0.25) is 5.02 Å². The summed E-state index contributed by atoms with van der Waals surface area (Å²) in [7, 11) is 0. The highest BCUT2D eigenvalue weighted by Gasteiger charge is 2.07. The molecule has 2 N–H and O–H groups in total. The van der Waals surface area contributed by atoms with Gasteiger partial charge in [0.1, 0.15) is 18.2 Å². The molecule has 0 saturated heterocycles. The molecule has 0 saturated carbocycles. The van der Waals surface area contributed by atoms with Gasteiger partial charge in [0.15, 0.2) is 0 Å². The van der Waals surface area contributed by atoms with E-state index in [1.54, 1.807) is 0 Å². The van der Waals surface area contributed by atoms with E-state index in [2.05, 4.69) is 4.98 Å². The molecule has 3 nitrogen and oxygen atoms in total. The van der Waals surface area contributed by atoms with E-state index in [1.807, 2.05) is 55.5 Å². The monoisotopic (exact) mass is 298 g/mol. The summed E-state index contributed by atoms with van der Waals surface area (Å²) in [5.41, 5.74) is 8.82. The number of pyridine rings is 1. The molecule has 0 bridgehead atoms. The van der Waals surface area contributed by atoms with Gasteiger partial charge in [-0.2, -0.15) is 0 Å². The molecule has 0 radical (unpaired) electrons. The summed E-state index contributed by atoms with van der Waals surface area (Å²) in [6.45, 7) is 2.33. The van der Waals surface area contributed by atoms with Crippen LogP contribution in [0.15, 0.2) is 48.5 Å². The lowest BCUT2D eigenvalue weighted by Gasteiger charge is -2.11. The Morgan fingerprint density at radius 2 is 1.95 bits per heavy atom. The topological polar surface area (TPSA) is 48.1 Å². The first kappa shape index (κ1) is 13.7. The summed E-state index contributed by atoms with van der Waals surface area (Å²) < 4.78 is 5.76. The van der Waals surface area contributed by atoms with Gasteiger partial charge in [0.05, 0.1) is 10.5 Å². The molecule has 3 rings (SSSR count). The fourth-order valence-corrected chi connectivity index (χ4v) is 2.46. The number of anilines is 1. The largest absolute Gasteiger partial charge is 0.487 e. The van der Waals surface area contributed by atoms with Crippen molar-refractivity contribution in [2.45, 2.75) is 13.5 Å². The summed E-state index contributed by atoms with van der Waals surface area (Å²) in [6.07, 6.45) is 0. The molecular weight excluding hydrogens is 284 g/mol. The van der Waals surface area contributed by atoms with Crippen molar-refractivity contribution in [3.8, 4) is 5.75 Å². The van der Waals surface area contributed by atoms with Gasteiger partial charge in [-0.25, -0.2) is 4.98 Å². The smallest absolute Gasteiger partial charge is 0.138 e. The number of aromatic nitrogens is 1. The van der Waals surface area contributed by atoms with Gasteiger partial charge in [-0.1, -0.05) is 35.9 Å². The molecule has 0 atom stereocenters. The lowest BCUT2D eigenvalue weighted by atomic mass is 10.1. The maximum absolute atomic E-state index is 6.16. The molecule has 106 valence electrons. The van der Waals surface area contributed by atoms with Gasteiger partial charge in [-0.15, -0.1) is 0 Å². The molecule has 0 fully saturated rings. The Morgan fingerprint density at radius 1 is 1.14 bits per heavy atom. The first-order chi connectivity index (χ1) is 10.1. The summed E-state index contributed by atoms with van der Waals surface area (Å²) in [5.74, 6) is 1.13. The van der Waals surface area contributed by atoms with Gasteiger partial charge >= 0.3 is 0 Å². The van der Waals surface area contributed by atoms with Crippen LogP contribution < -0.4 is 10.5 Å². The lowest BCUT2D eigenvalue weighted by molar-refractivity contribution is 0.307. The molecule has 0 spiro atoms. The minimum atomic E-state index is 0.340. The second-order valence-electron chi connectivity index (χ2n) is 4.95. The van der Waals surface area contributed by atoms with Crippen LogP contribution in [0.3, 0.4) is 0 Å². The predicted octanol–water partition coefficient (Wildman–Crippen LogP) is 4.36. The Labute approximate surface area is 128 Å². The van der Waals surface area contributed by atoms with E-state index < -0.39 is 0 Å². The first-order valence-corrected chi connectivity index (χ1v) is 7.04. The van der Waals surface area contributed by atoms with Crippen LogP contribution >= 0.6 is 11.6 Å². The zero-order valence-electron chi connectivity index (χ0n) is 11.6. The van der Waals surface area contributed by atoms with E-state index in [-0.39, 0.29) is 0 Å². The van der Waals surface area contributed by atoms with Crippen molar-refractivity contribution in [1.82, 2.24) is 4.98 Å². The Kier molecular flexibility index (Phi) is 3.67. The third kappa shape index (κ3) is 2.93. The van der Waals surface area contributed by atoms with Crippen molar-refractivity contribution in [1.29, 1.82) is 0 Å². The minimum absolute atomic E-state index is 0.340. The molecule has 1 heterocycles. The average molecular weight is 299 g/mol. The molecule has 0 unspecified atom stereocenters. The Bertz CT molecular complexity index is 802. The normalized spacial score (nSPS) is 10.8. The van der Waals surface area contributed by atoms with E-state index in [0.29, 0.717) is 23.2 Å². The average Bonchev–Trinajstić information content (AvgIpc) is 2.46. The Balaban J connectivity index is 1.86. The number of para-hydroxylation sites is 1. The molecule has 0 amide bonds. The van der Waals surface area contributed by atoms with Crippen molar-refractivity contribution in [2.24, 2.45) is 0 Å². The number of benzene rings is 2. The van der Waals surface area contributed by atoms with Crippen molar-refractivity contribution in [3.63, 3.8) is 0 Å². The first-order valence-electron chi connectivity index (χ1n) is 6.66. The number of fused-ring (bicyclic) bond motifs is 1. The van der Waals surface area contributed by atoms with Gasteiger partial charge < -0.3 is 10.5 Å². The fraction of sp³-hybridized carbons (Fsp3) is 0.118. The maximum Gasteiger partial charge on any atom is 0.138 e.